The molecule has 0 saturated heterocycles. The number of carbonyl (C=O) groups excluding carboxylic acids is 1. The Labute approximate surface area is 126 Å². The monoisotopic (exact) mass is 305 g/mol. The van der Waals surface area contributed by atoms with Crippen LogP contribution in [0.1, 0.15) is 36.0 Å². The molecule has 0 fully saturated rings. The highest BCUT2D eigenvalue weighted by Gasteiger charge is 2.40. The standard InChI is InChI=1S/C16H16FNO2S/c1-16(2)11-6-9(7-12(17)14(11)18-15(16)20)13(19)8-10-4-3-5-21-10/h3-7,13,19H,8H2,1-2H3,(H,18,20). The van der Waals surface area contributed by atoms with Crippen molar-refractivity contribution in [2.45, 2.75) is 31.8 Å². The van der Waals surface area contributed by atoms with Crippen LogP contribution >= 0.6 is 11.3 Å². The summed E-state index contributed by atoms with van der Waals surface area (Å²) in [6, 6.07) is 6.89. The predicted molar refractivity (Wildman–Crippen MR) is 81.0 cm³/mol. The van der Waals surface area contributed by atoms with Crippen molar-refractivity contribution >= 4 is 22.9 Å². The van der Waals surface area contributed by atoms with Gasteiger partial charge in [-0.1, -0.05) is 6.07 Å². The molecule has 1 aromatic carbocycles. The van der Waals surface area contributed by atoms with Crippen LogP contribution in [-0.4, -0.2) is 11.0 Å². The summed E-state index contributed by atoms with van der Waals surface area (Å²) in [6.07, 6.45) is -0.340. The Hall–Kier alpha value is -1.72. The Bertz CT molecular complexity index is 695. The maximum absolute atomic E-state index is 14.2. The molecule has 3 nitrogen and oxygen atoms in total. The first-order valence-corrected chi connectivity index (χ1v) is 7.63. The van der Waals surface area contributed by atoms with E-state index >= 15 is 0 Å². The molecule has 0 radical (unpaired) electrons. The van der Waals surface area contributed by atoms with Gasteiger partial charge in [-0.25, -0.2) is 4.39 Å². The first-order chi connectivity index (χ1) is 9.89. The summed E-state index contributed by atoms with van der Waals surface area (Å²) in [5.74, 6) is -0.715. The summed E-state index contributed by atoms with van der Waals surface area (Å²) >= 11 is 1.56. The molecule has 1 atom stereocenters. The summed E-state index contributed by atoms with van der Waals surface area (Å²) in [5, 5.41) is 14.8. The van der Waals surface area contributed by atoms with Gasteiger partial charge in [0.05, 0.1) is 17.2 Å². The second kappa shape index (κ2) is 4.93. The number of aliphatic hydroxyl groups excluding tert-OH is 1. The molecular formula is C16H16FNO2S. The van der Waals surface area contributed by atoms with E-state index in [0.29, 0.717) is 17.5 Å². The van der Waals surface area contributed by atoms with Crippen LogP contribution in [-0.2, 0) is 16.6 Å². The highest BCUT2D eigenvalue weighted by atomic mass is 32.1. The molecule has 110 valence electrons. The smallest absolute Gasteiger partial charge is 0.234 e. The van der Waals surface area contributed by atoms with Crippen molar-refractivity contribution in [3.05, 3.63) is 51.5 Å². The van der Waals surface area contributed by atoms with Crippen LogP contribution in [0.4, 0.5) is 10.1 Å². The zero-order valence-electron chi connectivity index (χ0n) is 11.8. The fraction of sp³-hybridized carbons (Fsp3) is 0.312. The number of anilines is 1. The van der Waals surface area contributed by atoms with E-state index < -0.39 is 17.3 Å². The van der Waals surface area contributed by atoms with Gasteiger partial charge in [0.15, 0.2) is 0 Å². The summed E-state index contributed by atoms with van der Waals surface area (Å²) < 4.78 is 14.2. The molecule has 1 aliphatic rings. The Balaban J connectivity index is 1.97. The molecule has 0 saturated carbocycles. The molecule has 1 aromatic heterocycles. The van der Waals surface area contributed by atoms with Gasteiger partial charge in [0.2, 0.25) is 5.91 Å². The Kier molecular flexibility index (Phi) is 3.34. The number of thiophene rings is 1. The fourth-order valence-corrected chi connectivity index (χ4v) is 3.31. The van der Waals surface area contributed by atoms with Crippen LogP contribution in [0.25, 0.3) is 0 Å². The predicted octanol–water partition coefficient (Wildman–Crippen LogP) is 3.39. The van der Waals surface area contributed by atoms with Gasteiger partial charge in [0.1, 0.15) is 5.82 Å². The van der Waals surface area contributed by atoms with Gasteiger partial charge >= 0.3 is 0 Å². The third kappa shape index (κ3) is 2.36. The minimum atomic E-state index is -0.783. The second-order valence-electron chi connectivity index (χ2n) is 5.80. The molecule has 21 heavy (non-hydrogen) atoms. The fourth-order valence-electron chi connectivity index (χ4n) is 2.57. The minimum absolute atomic E-state index is 0.221. The van der Waals surface area contributed by atoms with Gasteiger partial charge in [-0.05, 0) is 48.6 Å². The highest BCUT2D eigenvalue weighted by Crippen LogP contribution is 2.40. The maximum Gasteiger partial charge on any atom is 0.234 e. The lowest BCUT2D eigenvalue weighted by Gasteiger charge is -2.18. The van der Waals surface area contributed by atoms with Gasteiger partial charge in [-0.15, -0.1) is 11.3 Å². The molecule has 3 rings (SSSR count). The SMILES string of the molecule is CC1(C)C(=O)Nc2c(F)cc(C(O)Cc3cccs3)cc21. The molecular weight excluding hydrogens is 289 g/mol. The average Bonchev–Trinajstić information content (AvgIpc) is 2.99. The number of benzene rings is 1. The summed E-state index contributed by atoms with van der Waals surface area (Å²) in [6.45, 7) is 3.51. The van der Waals surface area contributed by atoms with E-state index in [9.17, 15) is 14.3 Å². The Morgan fingerprint density at radius 1 is 1.43 bits per heavy atom. The maximum atomic E-state index is 14.2. The zero-order valence-corrected chi connectivity index (χ0v) is 12.6. The topological polar surface area (TPSA) is 49.3 Å². The van der Waals surface area contributed by atoms with Gasteiger partial charge in [-0.2, -0.15) is 0 Å². The molecule has 2 N–H and O–H groups in total. The van der Waals surface area contributed by atoms with Crippen LogP contribution in [0.3, 0.4) is 0 Å². The molecule has 2 heterocycles. The number of hydrogen-bond donors (Lipinski definition) is 2. The van der Waals surface area contributed by atoms with Gasteiger partial charge in [0.25, 0.3) is 0 Å². The van der Waals surface area contributed by atoms with Gasteiger partial charge in [0, 0.05) is 11.3 Å². The third-order valence-corrected chi connectivity index (χ3v) is 4.85. The van der Waals surface area contributed by atoms with Crippen molar-refractivity contribution in [1.82, 2.24) is 0 Å². The van der Waals surface area contributed by atoms with Crippen molar-refractivity contribution in [3.63, 3.8) is 0 Å². The largest absolute Gasteiger partial charge is 0.388 e. The quantitative estimate of drug-likeness (QED) is 0.913. The number of halogens is 1. The number of hydrogen-bond acceptors (Lipinski definition) is 3. The number of rotatable bonds is 3. The van der Waals surface area contributed by atoms with Crippen molar-refractivity contribution in [3.8, 4) is 0 Å². The van der Waals surface area contributed by atoms with Gasteiger partial charge < -0.3 is 10.4 Å². The summed E-state index contributed by atoms with van der Waals surface area (Å²) in [4.78, 5) is 12.9. The molecule has 0 aliphatic carbocycles. The third-order valence-electron chi connectivity index (χ3n) is 3.95. The zero-order chi connectivity index (χ0) is 15.2. The van der Waals surface area contributed by atoms with Crippen LogP contribution < -0.4 is 5.32 Å². The molecule has 1 amide bonds. The van der Waals surface area contributed by atoms with Crippen molar-refractivity contribution < 1.29 is 14.3 Å². The molecule has 1 aliphatic heterocycles. The van der Waals surface area contributed by atoms with Crippen LogP contribution in [0.2, 0.25) is 0 Å². The normalized spacial score (nSPS) is 17.4. The number of fused-ring (bicyclic) bond motifs is 1. The Morgan fingerprint density at radius 2 is 2.19 bits per heavy atom. The van der Waals surface area contributed by atoms with Crippen molar-refractivity contribution in [2.75, 3.05) is 5.32 Å². The first-order valence-electron chi connectivity index (χ1n) is 6.75. The average molecular weight is 305 g/mol. The lowest BCUT2D eigenvalue weighted by Crippen LogP contribution is -2.26. The van der Waals surface area contributed by atoms with Crippen molar-refractivity contribution in [1.29, 1.82) is 0 Å². The Morgan fingerprint density at radius 3 is 2.86 bits per heavy atom. The summed E-state index contributed by atoms with van der Waals surface area (Å²) in [7, 11) is 0. The van der Waals surface area contributed by atoms with Gasteiger partial charge in [-0.3, -0.25) is 4.79 Å². The van der Waals surface area contributed by atoms with E-state index in [0.717, 1.165) is 4.88 Å². The van der Waals surface area contributed by atoms with E-state index in [1.54, 1.807) is 31.3 Å². The van der Waals surface area contributed by atoms with Crippen LogP contribution in [0.5, 0.6) is 0 Å². The van der Waals surface area contributed by atoms with E-state index in [1.165, 1.54) is 6.07 Å². The van der Waals surface area contributed by atoms with Crippen LogP contribution in [0, 0.1) is 5.82 Å². The first kappa shape index (κ1) is 14.2. The van der Waals surface area contributed by atoms with E-state index in [2.05, 4.69) is 5.32 Å². The summed E-state index contributed by atoms with van der Waals surface area (Å²) in [5.41, 5.74) is 0.559. The number of carbonyl (C=O) groups is 1. The van der Waals surface area contributed by atoms with E-state index in [1.807, 2.05) is 17.5 Å². The molecule has 5 heteroatoms. The minimum Gasteiger partial charge on any atom is -0.388 e. The molecule has 0 spiro atoms. The molecule has 0 bridgehead atoms. The number of amides is 1. The number of aliphatic hydroxyl groups is 1. The van der Waals surface area contributed by atoms with E-state index in [-0.39, 0.29) is 11.6 Å². The lowest BCUT2D eigenvalue weighted by molar-refractivity contribution is -0.119. The number of nitrogens with one attached hydrogen (secondary N) is 1. The van der Waals surface area contributed by atoms with E-state index in [4.69, 9.17) is 0 Å². The second-order valence-corrected chi connectivity index (χ2v) is 6.84. The van der Waals surface area contributed by atoms with Crippen molar-refractivity contribution in [2.24, 2.45) is 0 Å². The lowest BCUT2D eigenvalue weighted by atomic mass is 9.84. The molecule has 1 unspecified atom stereocenters. The van der Waals surface area contributed by atoms with Crippen LogP contribution in [0.15, 0.2) is 29.6 Å². The molecule has 2 aromatic rings. The highest BCUT2D eigenvalue weighted by molar-refractivity contribution is 7.09.